The quantitative estimate of drug-likeness (QED) is 0.122. The zero-order valence-electron chi connectivity index (χ0n) is 63.1. The van der Waals surface area contributed by atoms with E-state index in [2.05, 4.69) is 416 Å². The van der Waals surface area contributed by atoms with Crippen molar-refractivity contribution in [2.75, 3.05) is 0 Å². The van der Waals surface area contributed by atoms with Gasteiger partial charge in [0.15, 0.2) is 17.5 Å². The van der Waals surface area contributed by atoms with Gasteiger partial charge in [0.05, 0.1) is 44.1 Å². The summed E-state index contributed by atoms with van der Waals surface area (Å²) in [5.74, 6) is 2.53. The molecule has 7 heteroatoms. The molecule has 0 bridgehead atoms. The molecule has 2 aliphatic carbocycles. The molecule has 4 aromatic heterocycles. The fraction of sp³-hybridized carbons (Fsp3) is 0.0183. The van der Waals surface area contributed by atoms with Crippen LogP contribution in [0.2, 0.25) is 0 Å². The second-order valence-corrected chi connectivity index (χ2v) is 30.1. The van der Waals surface area contributed by atoms with Crippen molar-refractivity contribution in [1.82, 2.24) is 34.1 Å². The summed E-state index contributed by atoms with van der Waals surface area (Å²) < 4.78 is 4.70. The lowest BCUT2D eigenvalue weighted by atomic mass is 9.67. The molecule has 21 aromatic rings. The molecule has 0 amide bonds. The Balaban J connectivity index is 0.000000142. The Hall–Kier alpha value is -15.3. The highest BCUT2D eigenvalue weighted by atomic mass is 15.2. The molecule has 0 atom stereocenters. The van der Waals surface area contributed by atoms with Crippen LogP contribution in [0.3, 0.4) is 0 Å². The minimum Gasteiger partial charge on any atom is -0.309 e. The van der Waals surface area contributed by atoms with Crippen LogP contribution in [0.4, 0.5) is 0 Å². The van der Waals surface area contributed by atoms with Gasteiger partial charge in [-0.2, -0.15) is 0 Å². The molecule has 23 rings (SSSR count). The van der Waals surface area contributed by atoms with Gasteiger partial charge < -0.3 is 4.57 Å². The first-order chi connectivity index (χ1) is 57.5. The highest BCUT2D eigenvalue weighted by Crippen LogP contribution is 2.60. The normalized spacial score (nSPS) is 12.8. The van der Waals surface area contributed by atoms with Crippen LogP contribution in [0.15, 0.2) is 431 Å². The van der Waals surface area contributed by atoms with Crippen molar-refractivity contribution in [2.24, 2.45) is 0 Å². The van der Waals surface area contributed by atoms with E-state index in [4.69, 9.17) is 24.9 Å². The van der Waals surface area contributed by atoms with Crippen LogP contribution in [0.5, 0.6) is 0 Å². The maximum atomic E-state index is 5.45. The molecule has 0 N–H and O–H groups in total. The number of hydrogen-bond acceptors (Lipinski definition) is 5. The topological polar surface area (TPSA) is 74.3 Å². The van der Waals surface area contributed by atoms with E-state index in [0.29, 0.717) is 23.4 Å². The van der Waals surface area contributed by atoms with Crippen LogP contribution in [-0.2, 0) is 10.8 Å². The first-order valence-corrected chi connectivity index (χ1v) is 39.6. The average Bonchev–Trinajstić information content (AvgIpc) is 1.53. The first-order valence-electron chi connectivity index (χ1n) is 39.6. The molecular formula is C109H71N7. The third-order valence-corrected chi connectivity index (χ3v) is 23.8. The number of fused-ring (bicyclic) bond motifs is 13. The highest BCUT2D eigenvalue weighted by Gasteiger charge is 2.48. The standard InChI is InChI=1S/C58H38N4.C51H33N3/c1-5-18-39(19-6-1)40-32-34-42(35-33-40)56-59-55(41-20-7-2-8-21-41)60-57(61-56)43-22-17-27-46(36-43)62-53-31-16-14-29-48(53)50-37-49-47-28-13-15-30-51(47)58(52(49)38-54(50)62,44-23-9-3-10-24-44)45-25-11-4-12-26-45;1-4-16-34(17-5-1)35-28-30-36(31-29-35)49-41-24-11-14-26-46(41)52-50(53-49)54-47-27-15-12-23-40(47)43-32-42-39-22-10-13-25-44(39)51(45(42)33-48(43)54,37-18-6-2-7-19-37)38-20-8-3-9-21-38/h1-38H;1-33H. The zero-order valence-corrected chi connectivity index (χ0v) is 63.1. The molecule has 7 nitrogen and oxygen atoms in total. The van der Waals surface area contributed by atoms with Gasteiger partial charge in [0, 0.05) is 54.9 Å². The van der Waals surface area contributed by atoms with E-state index in [1.165, 1.54) is 105 Å². The molecule has 4 heterocycles. The number of nitrogens with zero attached hydrogens (tertiary/aromatic N) is 7. The predicted molar refractivity (Wildman–Crippen MR) is 475 cm³/mol. The van der Waals surface area contributed by atoms with E-state index in [1.807, 2.05) is 24.3 Å². The van der Waals surface area contributed by atoms with Crippen molar-refractivity contribution < 1.29 is 0 Å². The molecule has 0 fully saturated rings. The Labute approximate surface area is 671 Å². The van der Waals surface area contributed by atoms with Crippen molar-refractivity contribution >= 4 is 54.5 Å². The Morgan fingerprint density at radius 3 is 1.02 bits per heavy atom. The lowest BCUT2D eigenvalue weighted by Crippen LogP contribution is -2.28. The van der Waals surface area contributed by atoms with E-state index < -0.39 is 10.8 Å². The van der Waals surface area contributed by atoms with Gasteiger partial charge in [-0.25, -0.2) is 24.9 Å². The SMILES string of the molecule is c1ccc(-c2ccc(-c3nc(-c4ccccc4)nc(-c4cccc(-n5c6ccccc6c6cc7c(cc65)C(c5ccccc5)(c5ccccc5)c5ccccc5-7)c4)n3)cc2)cc1.c1ccc(-c2ccc(-c3nc(-n4c5ccccc5c5cc6c(cc54)C(c4ccccc4)(c4ccccc4)c4ccccc4-6)nc4ccccc34)cc2)cc1. The smallest absolute Gasteiger partial charge is 0.235 e. The summed E-state index contributed by atoms with van der Waals surface area (Å²) >= 11 is 0. The summed E-state index contributed by atoms with van der Waals surface area (Å²) in [6.07, 6.45) is 0. The summed E-state index contributed by atoms with van der Waals surface area (Å²) in [6, 6.07) is 154. The number of para-hydroxylation sites is 3. The molecule has 17 aromatic carbocycles. The van der Waals surface area contributed by atoms with Gasteiger partial charge in [-0.05, 0) is 144 Å². The lowest BCUT2D eigenvalue weighted by molar-refractivity contribution is 0.769. The molecule has 0 saturated carbocycles. The minimum atomic E-state index is -0.514. The van der Waals surface area contributed by atoms with E-state index >= 15 is 0 Å². The Bertz CT molecular complexity index is 7250. The van der Waals surface area contributed by atoms with Gasteiger partial charge in [0.25, 0.3) is 0 Å². The third kappa shape index (κ3) is 10.9. The van der Waals surface area contributed by atoms with Crippen molar-refractivity contribution in [3.63, 3.8) is 0 Å². The second kappa shape index (κ2) is 27.9. The van der Waals surface area contributed by atoms with Crippen LogP contribution in [0, 0.1) is 0 Å². The number of hydrogen-bond donors (Lipinski definition) is 0. The van der Waals surface area contributed by atoms with E-state index in [0.717, 1.165) is 72.2 Å². The fourth-order valence-electron chi connectivity index (χ4n) is 18.7. The van der Waals surface area contributed by atoms with Crippen LogP contribution in [0.25, 0.3) is 156 Å². The number of rotatable bonds is 12. The van der Waals surface area contributed by atoms with Gasteiger partial charge in [0.2, 0.25) is 5.95 Å². The van der Waals surface area contributed by atoms with E-state index in [-0.39, 0.29) is 0 Å². The lowest BCUT2D eigenvalue weighted by Gasteiger charge is -2.34. The molecule has 0 spiro atoms. The summed E-state index contributed by atoms with van der Waals surface area (Å²) in [4.78, 5) is 26.1. The van der Waals surface area contributed by atoms with Crippen LogP contribution >= 0.6 is 0 Å². The van der Waals surface area contributed by atoms with Gasteiger partial charge >= 0.3 is 0 Å². The Kier molecular flexibility index (Phi) is 16.2. The monoisotopic (exact) mass is 1480 g/mol. The molecule has 0 aliphatic heterocycles. The summed E-state index contributed by atoms with van der Waals surface area (Å²) in [6.45, 7) is 0. The molecule has 0 unspecified atom stereocenters. The molecule has 0 radical (unpaired) electrons. The largest absolute Gasteiger partial charge is 0.309 e. The van der Waals surface area contributed by atoms with Gasteiger partial charge in [0.1, 0.15) is 0 Å². The molecule has 542 valence electrons. The zero-order chi connectivity index (χ0) is 76.7. The summed E-state index contributed by atoms with van der Waals surface area (Å²) in [5, 5.41) is 5.80. The highest BCUT2D eigenvalue weighted by molar-refractivity contribution is 6.14. The maximum absolute atomic E-state index is 5.45. The maximum Gasteiger partial charge on any atom is 0.235 e. The number of aromatic nitrogens is 7. The van der Waals surface area contributed by atoms with Crippen LogP contribution in [-0.4, -0.2) is 34.1 Å². The number of benzene rings is 17. The van der Waals surface area contributed by atoms with Crippen LogP contribution in [0.1, 0.15) is 44.5 Å². The first kappa shape index (κ1) is 67.6. The van der Waals surface area contributed by atoms with Gasteiger partial charge in [-0.1, -0.05) is 376 Å². The van der Waals surface area contributed by atoms with Crippen LogP contribution < -0.4 is 0 Å². The predicted octanol–water partition coefficient (Wildman–Crippen LogP) is 26.4. The molecule has 116 heavy (non-hydrogen) atoms. The van der Waals surface area contributed by atoms with Gasteiger partial charge in [-0.3, -0.25) is 4.57 Å². The molecular weight excluding hydrogens is 1410 g/mol. The van der Waals surface area contributed by atoms with Crippen molar-refractivity contribution in [2.45, 2.75) is 10.8 Å². The van der Waals surface area contributed by atoms with Crippen molar-refractivity contribution in [3.05, 3.63) is 475 Å². The molecule has 0 saturated heterocycles. The average molecular weight is 1480 g/mol. The van der Waals surface area contributed by atoms with E-state index in [9.17, 15) is 0 Å². The Morgan fingerprint density at radius 2 is 0.534 bits per heavy atom. The Morgan fingerprint density at radius 1 is 0.190 bits per heavy atom. The summed E-state index contributed by atoms with van der Waals surface area (Å²) in [5.41, 5.74) is 30.0. The van der Waals surface area contributed by atoms with E-state index in [1.54, 1.807) is 0 Å². The second-order valence-electron chi connectivity index (χ2n) is 30.1. The van der Waals surface area contributed by atoms with Gasteiger partial charge in [-0.15, -0.1) is 0 Å². The minimum absolute atomic E-state index is 0.514. The molecule has 2 aliphatic rings. The fourth-order valence-corrected chi connectivity index (χ4v) is 18.7. The van der Waals surface area contributed by atoms with Crippen molar-refractivity contribution in [3.8, 4) is 102 Å². The summed E-state index contributed by atoms with van der Waals surface area (Å²) in [7, 11) is 0. The third-order valence-electron chi connectivity index (χ3n) is 23.8. The van der Waals surface area contributed by atoms with Crippen molar-refractivity contribution in [1.29, 1.82) is 0 Å².